The van der Waals surface area contributed by atoms with Gasteiger partial charge in [-0.15, -0.1) is 0 Å². The van der Waals surface area contributed by atoms with Gasteiger partial charge in [0.25, 0.3) is 0 Å². The second kappa shape index (κ2) is 14.6. The highest BCUT2D eigenvalue weighted by Gasteiger charge is 2.32. The molecule has 0 heterocycles. The number of hydrogen-bond acceptors (Lipinski definition) is 8. The third kappa shape index (κ3) is 10.3. The number of carbonyl (C=O) groups excluding carboxylic acids is 4. The number of aliphatic hydroxyl groups excluding tert-OH is 1. The Morgan fingerprint density at radius 3 is 1.94 bits per heavy atom. The van der Waals surface area contributed by atoms with Crippen LogP contribution < -0.4 is 27.4 Å². The van der Waals surface area contributed by atoms with Crippen LogP contribution in [0.4, 0.5) is 0 Å². The molecule has 6 atom stereocenters. The SMILES string of the molecule is CCC(C)C(NC(=O)C(CC(N)=O)NC(=O)C(CCSC)NC(=O)C(N)C(C)O)C(=O)O. The number of amides is 4. The number of thioether (sulfide) groups is 1. The highest BCUT2D eigenvalue weighted by atomic mass is 32.2. The highest BCUT2D eigenvalue weighted by molar-refractivity contribution is 7.98. The van der Waals surface area contributed by atoms with Crippen molar-refractivity contribution in [2.24, 2.45) is 17.4 Å². The highest BCUT2D eigenvalue weighted by Crippen LogP contribution is 2.09. The van der Waals surface area contributed by atoms with Crippen molar-refractivity contribution in [1.29, 1.82) is 0 Å². The Hall–Kier alpha value is -2.38. The fourth-order valence-electron chi connectivity index (χ4n) is 2.61. The molecule has 0 spiro atoms. The van der Waals surface area contributed by atoms with Crippen molar-refractivity contribution in [1.82, 2.24) is 16.0 Å². The van der Waals surface area contributed by atoms with Gasteiger partial charge in [0.05, 0.1) is 12.5 Å². The van der Waals surface area contributed by atoms with Crippen LogP contribution in [0.25, 0.3) is 0 Å². The van der Waals surface area contributed by atoms with E-state index in [-0.39, 0.29) is 6.42 Å². The van der Waals surface area contributed by atoms with Crippen molar-refractivity contribution in [2.75, 3.05) is 12.0 Å². The van der Waals surface area contributed by atoms with Crippen molar-refractivity contribution in [3.63, 3.8) is 0 Å². The normalized spacial score (nSPS) is 16.6. The van der Waals surface area contributed by atoms with E-state index in [1.54, 1.807) is 20.1 Å². The number of primary amides is 1. The fraction of sp³-hybridized carbons (Fsp3) is 0.737. The molecule has 0 aliphatic rings. The predicted octanol–water partition coefficient (Wildman–Crippen LogP) is -2.09. The molecule has 0 rings (SSSR count). The first-order chi connectivity index (χ1) is 14.8. The topological polar surface area (TPSA) is 214 Å². The summed E-state index contributed by atoms with van der Waals surface area (Å²) in [6.45, 7) is 4.72. The van der Waals surface area contributed by atoms with Crippen LogP contribution in [0.5, 0.6) is 0 Å². The number of nitrogens with one attached hydrogen (secondary N) is 3. The van der Waals surface area contributed by atoms with Gasteiger partial charge in [0.15, 0.2) is 0 Å². The Balaban J connectivity index is 5.54. The van der Waals surface area contributed by atoms with Gasteiger partial charge < -0.3 is 37.6 Å². The van der Waals surface area contributed by atoms with E-state index in [0.29, 0.717) is 12.2 Å². The molecule has 0 fully saturated rings. The minimum Gasteiger partial charge on any atom is -0.480 e. The summed E-state index contributed by atoms with van der Waals surface area (Å²) in [4.78, 5) is 60.6. The van der Waals surface area contributed by atoms with Gasteiger partial charge in [0.2, 0.25) is 23.6 Å². The van der Waals surface area contributed by atoms with E-state index in [9.17, 15) is 34.2 Å². The van der Waals surface area contributed by atoms with Crippen LogP contribution in [0.1, 0.15) is 40.0 Å². The molecule has 13 heteroatoms. The number of aliphatic carboxylic acids is 1. The van der Waals surface area contributed by atoms with E-state index < -0.39 is 72.2 Å². The van der Waals surface area contributed by atoms with Crippen LogP contribution in [-0.2, 0) is 24.0 Å². The average Bonchev–Trinajstić information content (AvgIpc) is 2.71. The van der Waals surface area contributed by atoms with Gasteiger partial charge in [-0.2, -0.15) is 11.8 Å². The molecule has 0 aliphatic carbocycles. The molecule has 0 aromatic carbocycles. The van der Waals surface area contributed by atoms with E-state index in [1.165, 1.54) is 18.7 Å². The van der Waals surface area contributed by atoms with Gasteiger partial charge in [0, 0.05) is 0 Å². The second-order valence-electron chi connectivity index (χ2n) is 7.55. The fourth-order valence-corrected chi connectivity index (χ4v) is 3.08. The maximum Gasteiger partial charge on any atom is 0.326 e. The summed E-state index contributed by atoms with van der Waals surface area (Å²) < 4.78 is 0. The van der Waals surface area contributed by atoms with Crippen LogP contribution in [0.3, 0.4) is 0 Å². The molecule has 184 valence electrons. The number of hydrogen-bond donors (Lipinski definition) is 7. The first-order valence-corrected chi connectivity index (χ1v) is 11.6. The molecule has 0 bridgehead atoms. The molecule has 12 nitrogen and oxygen atoms in total. The Kier molecular flexibility index (Phi) is 13.5. The molecule has 0 saturated heterocycles. The lowest BCUT2D eigenvalue weighted by Crippen LogP contribution is -2.59. The van der Waals surface area contributed by atoms with Gasteiger partial charge in [-0.05, 0) is 31.3 Å². The summed E-state index contributed by atoms with van der Waals surface area (Å²) in [5, 5.41) is 26.0. The molecule has 0 aromatic rings. The van der Waals surface area contributed by atoms with Crippen molar-refractivity contribution in [3.05, 3.63) is 0 Å². The molecule has 32 heavy (non-hydrogen) atoms. The van der Waals surface area contributed by atoms with Gasteiger partial charge >= 0.3 is 5.97 Å². The van der Waals surface area contributed by atoms with E-state index in [2.05, 4.69) is 16.0 Å². The monoisotopic (exact) mass is 477 g/mol. The Morgan fingerprint density at radius 2 is 1.50 bits per heavy atom. The summed E-state index contributed by atoms with van der Waals surface area (Å²) in [7, 11) is 0. The third-order valence-electron chi connectivity index (χ3n) is 4.88. The summed E-state index contributed by atoms with van der Waals surface area (Å²) in [5.74, 6) is -4.50. The summed E-state index contributed by atoms with van der Waals surface area (Å²) in [6.07, 6.45) is 0.724. The lowest BCUT2D eigenvalue weighted by molar-refractivity contribution is -0.144. The lowest BCUT2D eigenvalue weighted by Gasteiger charge is -2.26. The zero-order valence-corrected chi connectivity index (χ0v) is 19.6. The van der Waals surface area contributed by atoms with Crippen LogP contribution in [0.2, 0.25) is 0 Å². The average molecular weight is 478 g/mol. The lowest BCUT2D eigenvalue weighted by atomic mass is 9.98. The first kappa shape index (κ1) is 29.6. The number of rotatable bonds is 15. The molecule has 0 aromatic heterocycles. The minimum atomic E-state index is -1.44. The second-order valence-corrected chi connectivity index (χ2v) is 8.54. The van der Waals surface area contributed by atoms with Crippen LogP contribution in [0, 0.1) is 5.92 Å². The zero-order chi connectivity index (χ0) is 25.0. The number of aliphatic hydroxyl groups is 1. The van der Waals surface area contributed by atoms with E-state index >= 15 is 0 Å². The zero-order valence-electron chi connectivity index (χ0n) is 18.8. The molecule has 9 N–H and O–H groups in total. The Morgan fingerprint density at radius 1 is 0.969 bits per heavy atom. The van der Waals surface area contributed by atoms with Gasteiger partial charge in [-0.1, -0.05) is 20.3 Å². The van der Waals surface area contributed by atoms with Crippen LogP contribution in [0.15, 0.2) is 0 Å². The van der Waals surface area contributed by atoms with Gasteiger partial charge in [-0.25, -0.2) is 4.79 Å². The Labute approximate surface area is 191 Å². The molecule has 0 aliphatic heterocycles. The van der Waals surface area contributed by atoms with E-state index in [0.717, 1.165) is 0 Å². The van der Waals surface area contributed by atoms with Crippen molar-refractivity contribution >= 4 is 41.4 Å². The molecule has 0 saturated carbocycles. The standard InChI is InChI=1S/C19H35N5O7S/c1-5-9(2)15(19(30)31)24-17(28)12(8-13(20)26)23-16(27)11(6-7-32-4)22-18(29)14(21)10(3)25/h9-12,14-15,25H,5-8,21H2,1-4H3,(H2,20,26)(H,22,29)(H,23,27)(H,24,28)(H,30,31). The maximum atomic E-state index is 12.8. The van der Waals surface area contributed by atoms with Crippen LogP contribution >= 0.6 is 11.8 Å². The maximum absolute atomic E-state index is 12.8. The summed E-state index contributed by atoms with van der Waals surface area (Å²) in [6, 6.07) is -5.04. The first-order valence-electron chi connectivity index (χ1n) is 10.2. The quantitative estimate of drug-likeness (QED) is 0.137. The van der Waals surface area contributed by atoms with Gasteiger partial charge in [-0.3, -0.25) is 19.2 Å². The molecular formula is C19H35N5O7S. The summed E-state index contributed by atoms with van der Waals surface area (Å²) >= 11 is 1.41. The van der Waals surface area contributed by atoms with Crippen molar-refractivity contribution in [2.45, 2.75) is 70.3 Å². The van der Waals surface area contributed by atoms with Gasteiger partial charge in [0.1, 0.15) is 24.2 Å². The minimum absolute atomic E-state index is 0.181. The predicted molar refractivity (Wildman–Crippen MR) is 119 cm³/mol. The number of carboxylic acids is 1. The number of carboxylic acid groups (broad SMARTS) is 1. The van der Waals surface area contributed by atoms with E-state index in [1.807, 2.05) is 0 Å². The number of carbonyl (C=O) groups is 5. The van der Waals surface area contributed by atoms with E-state index in [4.69, 9.17) is 11.5 Å². The Bertz CT molecular complexity index is 676. The van der Waals surface area contributed by atoms with Crippen molar-refractivity contribution < 1.29 is 34.2 Å². The third-order valence-corrected chi connectivity index (χ3v) is 5.53. The van der Waals surface area contributed by atoms with Crippen LogP contribution in [-0.4, -0.2) is 82.1 Å². The molecule has 6 unspecified atom stereocenters. The van der Waals surface area contributed by atoms with Crippen molar-refractivity contribution in [3.8, 4) is 0 Å². The molecular weight excluding hydrogens is 442 g/mol. The smallest absolute Gasteiger partial charge is 0.326 e. The largest absolute Gasteiger partial charge is 0.480 e. The number of nitrogens with two attached hydrogens (primary N) is 2. The molecule has 0 radical (unpaired) electrons. The summed E-state index contributed by atoms with van der Waals surface area (Å²) in [5.41, 5.74) is 10.8. The molecule has 4 amide bonds.